The Labute approximate surface area is 148 Å². The van der Waals surface area contributed by atoms with Crippen LogP contribution >= 0.6 is 0 Å². The van der Waals surface area contributed by atoms with Crippen LogP contribution in [0.25, 0.3) is 0 Å². The molecule has 6 rings (SSSR count). The summed E-state index contributed by atoms with van der Waals surface area (Å²) in [5, 5.41) is 11.3. The number of nitrogen functional groups attached to an aromatic ring is 1. The van der Waals surface area contributed by atoms with Gasteiger partial charge in [0, 0.05) is 42.7 Å². The summed E-state index contributed by atoms with van der Waals surface area (Å²) in [7, 11) is 0. The predicted molar refractivity (Wildman–Crippen MR) is 99.0 cm³/mol. The van der Waals surface area contributed by atoms with Crippen LogP contribution in [0, 0.1) is 5.41 Å². The number of rotatable bonds is 2. The summed E-state index contributed by atoms with van der Waals surface area (Å²) in [5.41, 5.74) is 9.08. The lowest BCUT2D eigenvalue weighted by atomic mass is 9.57. The van der Waals surface area contributed by atoms with Crippen LogP contribution < -0.4 is 5.73 Å². The second kappa shape index (κ2) is 5.07. The first-order chi connectivity index (χ1) is 12.0. The van der Waals surface area contributed by atoms with Crippen molar-refractivity contribution in [2.45, 2.75) is 24.6 Å². The van der Waals surface area contributed by atoms with Crippen molar-refractivity contribution < 1.29 is 5.11 Å². The predicted octanol–water partition coefficient (Wildman–Crippen LogP) is 2.22. The summed E-state index contributed by atoms with van der Waals surface area (Å²) >= 11 is 0. The van der Waals surface area contributed by atoms with Gasteiger partial charge in [0.05, 0.1) is 12.3 Å². The van der Waals surface area contributed by atoms with E-state index < -0.39 is 0 Å². The number of hydrogen-bond donors (Lipinski definition) is 2. The number of benzene rings is 2. The number of piperidine rings is 2. The molecule has 4 aliphatic heterocycles. The maximum atomic E-state index is 11.3. The molecule has 4 heteroatoms. The third-order valence-electron chi connectivity index (χ3n) is 6.53. The molecule has 0 aromatic heterocycles. The first-order valence-electron chi connectivity index (χ1n) is 9.09. The summed E-state index contributed by atoms with van der Waals surface area (Å²) in [4.78, 5) is 5.09. The van der Waals surface area contributed by atoms with E-state index in [1.54, 1.807) is 0 Å². The summed E-state index contributed by atoms with van der Waals surface area (Å²) < 4.78 is 0. The number of nitrogens with two attached hydrogens (primary N) is 1. The van der Waals surface area contributed by atoms with Crippen LogP contribution in [-0.4, -0.2) is 47.2 Å². The Morgan fingerprint density at radius 3 is 2.28 bits per heavy atom. The highest BCUT2D eigenvalue weighted by atomic mass is 16.3. The molecular formula is C21H25N3O. The Bertz CT molecular complexity index is 790. The van der Waals surface area contributed by atoms with Crippen molar-refractivity contribution in [3.8, 4) is 0 Å². The van der Waals surface area contributed by atoms with Crippen molar-refractivity contribution in [2.24, 2.45) is 5.41 Å². The zero-order chi connectivity index (χ0) is 17.2. The van der Waals surface area contributed by atoms with Crippen LogP contribution in [0.15, 0.2) is 54.6 Å². The van der Waals surface area contributed by atoms with Crippen molar-refractivity contribution in [2.75, 3.05) is 31.9 Å². The molecule has 0 aliphatic carbocycles. The van der Waals surface area contributed by atoms with E-state index in [9.17, 15) is 5.11 Å². The van der Waals surface area contributed by atoms with Gasteiger partial charge in [0.2, 0.25) is 0 Å². The molecule has 4 fully saturated rings. The topological polar surface area (TPSA) is 52.7 Å². The lowest BCUT2D eigenvalue weighted by Crippen LogP contribution is -2.79. The lowest BCUT2D eigenvalue weighted by Gasteiger charge is -2.69. The summed E-state index contributed by atoms with van der Waals surface area (Å²) in [5.74, 6) is 0. The lowest BCUT2D eigenvalue weighted by molar-refractivity contribution is -0.232. The molecule has 0 amide bonds. The summed E-state index contributed by atoms with van der Waals surface area (Å²) in [6.07, 6.45) is -0.0439. The number of hydrogen-bond acceptors (Lipinski definition) is 4. The molecule has 4 heterocycles. The van der Waals surface area contributed by atoms with Gasteiger partial charge in [-0.3, -0.25) is 9.80 Å². The SMILES string of the molecule is CC12CN3CC(c4ccccc4)(CN(C1)C3c1cccc(N)c1)[C@@H]2O. The van der Waals surface area contributed by atoms with Crippen molar-refractivity contribution in [3.05, 3.63) is 65.7 Å². The fraction of sp³-hybridized carbons (Fsp3) is 0.429. The minimum absolute atomic E-state index is 0.0941. The maximum Gasteiger partial charge on any atom is 0.0888 e. The van der Waals surface area contributed by atoms with Crippen molar-refractivity contribution in [3.63, 3.8) is 0 Å². The fourth-order valence-corrected chi connectivity index (χ4v) is 5.71. The molecule has 4 saturated heterocycles. The van der Waals surface area contributed by atoms with E-state index in [1.807, 2.05) is 18.2 Å². The Kier molecular flexibility index (Phi) is 3.12. The number of anilines is 1. The molecule has 4 nitrogen and oxygen atoms in total. The van der Waals surface area contributed by atoms with Gasteiger partial charge < -0.3 is 10.8 Å². The molecule has 4 aliphatic rings. The summed E-state index contributed by atoms with van der Waals surface area (Å²) in [6.45, 7) is 5.88. The van der Waals surface area contributed by atoms with Gasteiger partial charge in [0.25, 0.3) is 0 Å². The fourth-order valence-electron chi connectivity index (χ4n) is 5.71. The summed E-state index contributed by atoms with van der Waals surface area (Å²) in [6, 6.07) is 18.8. The minimum atomic E-state index is -0.309. The largest absolute Gasteiger partial charge is 0.399 e. The number of aliphatic hydroxyl groups excluding tert-OH is 1. The van der Waals surface area contributed by atoms with E-state index in [1.165, 1.54) is 11.1 Å². The van der Waals surface area contributed by atoms with Crippen molar-refractivity contribution in [1.29, 1.82) is 0 Å². The zero-order valence-corrected chi connectivity index (χ0v) is 14.6. The molecule has 0 radical (unpaired) electrons. The zero-order valence-electron chi connectivity index (χ0n) is 14.6. The van der Waals surface area contributed by atoms with Gasteiger partial charge in [-0.15, -0.1) is 0 Å². The van der Waals surface area contributed by atoms with E-state index in [2.05, 4.69) is 53.1 Å². The number of nitrogens with zero attached hydrogens (tertiary/aromatic N) is 2. The Balaban J connectivity index is 1.60. The molecule has 25 heavy (non-hydrogen) atoms. The van der Waals surface area contributed by atoms with Gasteiger partial charge in [-0.05, 0) is 23.3 Å². The highest BCUT2D eigenvalue weighted by Crippen LogP contribution is 2.55. The van der Waals surface area contributed by atoms with Crippen LogP contribution in [0.3, 0.4) is 0 Å². The highest BCUT2D eigenvalue weighted by molar-refractivity contribution is 5.43. The maximum absolute atomic E-state index is 11.3. The van der Waals surface area contributed by atoms with Crippen LogP contribution in [0.2, 0.25) is 0 Å². The molecule has 2 unspecified atom stereocenters. The number of aliphatic hydroxyl groups is 1. The van der Waals surface area contributed by atoms with Gasteiger partial charge in [-0.2, -0.15) is 0 Å². The quantitative estimate of drug-likeness (QED) is 0.827. The molecule has 2 aromatic carbocycles. The Morgan fingerprint density at radius 1 is 0.960 bits per heavy atom. The highest BCUT2D eigenvalue weighted by Gasteiger charge is 2.64. The molecule has 130 valence electrons. The van der Waals surface area contributed by atoms with Crippen molar-refractivity contribution >= 4 is 5.69 Å². The minimum Gasteiger partial charge on any atom is -0.399 e. The van der Waals surface area contributed by atoms with E-state index in [4.69, 9.17) is 5.73 Å². The second-order valence-electron chi connectivity index (χ2n) is 8.43. The molecule has 4 bridgehead atoms. The molecule has 3 atom stereocenters. The average molecular weight is 335 g/mol. The first-order valence-corrected chi connectivity index (χ1v) is 9.09. The molecule has 0 saturated carbocycles. The van der Waals surface area contributed by atoms with E-state index in [-0.39, 0.29) is 23.1 Å². The van der Waals surface area contributed by atoms with Crippen LogP contribution in [0.5, 0.6) is 0 Å². The smallest absolute Gasteiger partial charge is 0.0888 e. The third-order valence-corrected chi connectivity index (χ3v) is 6.53. The Morgan fingerprint density at radius 2 is 1.64 bits per heavy atom. The molecule has 0 spiro atoms. The monoisotopic (exact) mass is 335 g/mol. The molecular weight excluding hydrogens is 310 g/mol. The van der Waals surface area contributed by atoms with E-state index in [0.29, 0.717) is 0 Å². The van der Waals surface area contributed by atoms with Crippen LogP contribution in [0.4, 0.5) is 5.69 Å². The van der Waals surface area contributed by atoms with Gasteiger partial charge >= 0.3 is 0 Å². The van der Waals surface area contributed by atoms with Gasteiger partial charge in [0.1, 0.15) is 0 Å². The molecule has 2 aromatic rings. The third kappa shape index (κ3) is 2.05. The Hall–Kier alpha value is -1.88. The molecule has 3 N–H and O–H groups in total. The van der Waals surface area contributed by atoms with Crippen LogP contribution in [-0.2, 0) is 5.41 Å². The van der Waals surface area contributed by atoms with Crippen molar-refractivity contribution in [1.82, 2.24) is 9.80 Å². The van der Waals surface area contributed by atoms with E-state index in [0.717, 1.165) is 31.9 Å². The first kappa shape index (κ1) is 15.4. The van der Waals surface area contributed by atoms with Gasteiger partial charge in [-0.25, -0.2) is 0 Å². The van der Waals surface area contributed by atoms with E-state index >= 15 is 0 Å². The normalized spacial score (nSPS) is 41.8. The van der Waals surface area contributed by atoms with Crippen LogP contribution in [0.1, 0.15) is 24.2 Å². The van der Waals surface area contributed by atoms with Gasteiger partial charge in [-0.1, -0.05) is 49.4 Å². The average Bonchev–Trinajstić information content (AvgIpc) is 2.59. The second-order valence-corrected chi connectivity index (χ2v) is 8.43. The standard InChI is InChI=1S/C21H25N3O/c1-20-11-23-13-21(19(20)25,16-7-3-2-4-8-16)14-24(12-20)18(23)15-6-5-9-17(22)10-15/h2-10,18-19,25H,11-14,22H2,1H3/t18?,19-,20?,21?/m1/s1. The van der Waals surface area contributed by atoms with Gasteiger partial charge in [0.15, 0.2) is 0 Å².